The van der Waals surface area contributed by atoms with Gasteiger partial charge in [-0.3, -0.25) is 4.55 Å². The summed E-state index contributed by atoms with van der Waals surface area (Å²) in [4.78, 5) is 23.1. The average molecular weight is 454 g/mol. The second-order valence-electron chi connectivity index (χ2n) is 8.51. The van der Waals surface area contributed by atoms with Crippen molar-refractivity contribution in [2.24, 2.45) is 0 Å². The van der Waals surface area contributed by atoms with E-state index in [2.05, 4.69) is 12.2 Å². The van der Waals surface area contributed by atoms with E-state index in [4.69, 9.17) is 0 Å². The first kappa shape index (κ1) is 30.0. The molecule has 0 radical (unpaired) electrons. The number of rotatable bonds is 18. The third-order valence-corrected chi connectivity index (χ3v) is 7.49. The normalized spacial score (nSPS) is 19.0. The maximum Gasteiger partial charge on any atom is 1.00 e. The second kappa shape index (κ2) is 16.7. The predicted molar refractivity (Wildman–Crippen MR) is 116 cm³/mol. The molecule has 30 heavy (non-hydrogen) atoms. The molecule has 0 aliphatic carbocycles. The molecule has 0 spiro atoms. The number of hydrogen-bond donors (Lipinski definition) is 1. The Morgan fingerprint density at radius 3 is 1.43 bits per heavy atom. The van der Waals surface area contributed by atoms with E-state index in [1.807, 2.05) is 0 Å². The fourth-order valence-electron chi connectivity index (χ4n) is 4.06. The Morgan fingerprint density at radius 2 is 1.13 bits per heavy atom. The number of hydrogen-bond acceptors (Lipinski definition) is 4. The third kappa shape index (κ3) is 11.1. The summed E-state index contributed by atoms with van der Waals surface area (Å²) in [6.45, 7) is 2.25. The Hall–Kier alpha value is 0.0500. The minimum absolute atomic E-state index is 0. The minimum atomic E-state index is -4.63. The van der Waals surface area contributed by atoms with Crippen molar-refractivity contribution in [3.8, 4) is 0 Å². The van der Waals surface area contributed by atoms with Gasteiger partial charge in [-0.15, -0.1) is 0 Å². The largest absolute Gasteiger partial charge is 1.00 e. The van der Waals surface area contributed by atoms with Gasteiger partial charge in [0.2, 0.25) is 0 Å². The van der Waals surface area contributed by atoms with Crippen LogP contribution in [0.15, 0.2) is 0 Å². The van der Waals surface area contributed by atoms with Gasteiger partial charge in [-0.2, -0.15) is 8.42 Å². The van der Waals surface area contributed by atoms with Gasteiger partial charge in [-0.05, 0) is 6.42 Å². The molecule has 6 nitrogen and oxygen atoms in total. The number of nitrogens with zero attached hydrogens (tertiary/aromatic N) is 1. The Balaban J connectivity index is 0.00000841. The molecule has 170 valence electrons. The molecule has 1 aliphatic heterocycles. The molecule has 1 heterocycles. The number of carbonyl (C=O) groups is 2. The molecule has 1 aliphatic rings. The summed E-state index contributed by atoms with van der Waals surface area (Å²) < 4.78 is 30.6. The first-order valence-electron chi connectivity index (χ1n) is 11.6. The molecular formula is C22H40NNaO5S. The molecule has 2 amide bonds. The van der Waals surface area contributed by atoms with Gasteiger partial charge in [0.05, 0.1) is 11.8 Å². The van der Waals surface area contributed by atoms with Crippen molar-refractivity contribution in [2.45, 2.75) is 127 Å². The SMILES string of the molecule is CCCCCCCCCCCCCCCCCCC1(S(=O)(=O)O)CC(=O)[N-]C1=O.[Na+]. The zero-order valence-corrected chi connectivity index (χ0v) is 22.0. The van der Waals surface area contributed by atoms with Crippen molar-refractivity contribution >= 4 is 21.9 Å². The van der Waals surface area contributed by atoms with Crippen molar-refractivity contribution in [1.29, 1.82) is 0 Å². The van der Waals surface area contributed by atoms with Crippen molar-refractivity contribution < 1.29 is 52.1 Å². The molecule has 1 N–H and O–H groups in total. The molecule has 1 fully saturated rings. The van der Waals surface area contributed by atoms with Crippen molar-refractivity contribution in [3.05, 3.63) is 5.32 Å². The van der Waals surface area contributed by atoms with Gasteiger partial charge in [-0.25, -0.2) is 0 Å². The number of imide groups is 1. The molecule has 0 saturated carbocycles. The molecule has 1 rings (SSSR count). The van der Waals surface area contributed by atoms with Crippen LogP contribution >= 0.6 is 0 Å². The third-order valence-electron chi connectivity index (χ3n) is 5.98. The van der Waals surface area contributed by atoms with E-state index in [0.717, 1.165) is 19.3 Å². The van der Waals surface area contributed by atoms with Crippen LogP contribution in [0.25, 0.3) is 5.32 Å². The summed E-state index contributed by atoms with van der Waals surface area (Å²) in [5, 5.41) is 3.18. The van der Waals surface area contributed by atoms with E-state index in [1.54, 1.807) is 0 Å². The average Bonchev–Trinajstić information content (AvgIpc) is 2.95. The summed E-state index contributed by atoms with van der Waals surface area (Å²) >= 11 is 0. The van der Waals surface area contributed by atoms with Gasteiger partial charge in [0, 0.05) is 6.42 Å². The number of amides is 2. The second-order valence-corrected chi connectivity index (χ2v) is 10.2. The monoisotopic (exact) mass is 453 g/mol. The van der Waals surface area contributed by atoms with E-state index < -0.39 is 33.1 Å². The van der Waals surface area contributed by atoms with Gasteiger partial charge in [-0.1, -0.05) is 110 Å². The van der Waals surface area contributed by atoms with Crippen LogP contribution < -0.4 is 29.6 Å². The minimum Gasteiger partial charge on any atom is -0.594 e. The van der Waals surface area contributed by atoms with E-state index in [-0.39, 0.29) is 36.0 Å². The molecule has 0 aromatic heterocycles. The molecule has 1 saturated heterocycles. The Kier molecular flexibility index (Phi) is 16.7. The predicted octanol–water partition coefficient (Wildman–Crippen LogP) is 3.10. The van der Waals surface area contributed by atoms with Crippen molar-refractivity contribution in [2.75, 3.05) is 0 Å². The molecule has 0 aromatic carbocycles. The van der Waals surface area contributed by atoms with E-state index in [0.29, 0.717) is 6.42 Å². The topological polar surface area (TPSA) is 103 Å². The van der Waals surface area contributed by atoms with Crippen molar-refractivity contribution in [1.82, 2.24) is 0 Å². The number of unbranched alkanes of at least 4 members (excludes halogenated alkanes) is 15. The molecule has 0 aromatic rings. The van der Waals surface area contributed by atoms with E-state index >= 15 is 0 Å². The summed E-state index contributed by atoms with van der Waals surface area (Å²) in [5.74, 6) is -1.77. The molecular weight excluding hydrogens is 413 g/mol. The van der Waals surface area contributed by atoms with Crippen LogP contribution in [0.5, 0.6) is 0 Å². The van der Waals surface area contributed by atoms with E-state index in [1.165, 1.54) is 77.0 Å². The fraction of sp³-hybridized carbons (Fsp3) is 0.909. The molecule has 0 bridgehead atoms. The molecule has 1 unspecified atom stereocenters. The van der Waals surface area contributed by atoms with Crippen LogP contribution in [0.3, 0.4) is 0 Å². The van der Waals surface area contributed by atoms with Gasteiger partial charge < -0.3 is 14.9 Å². The zero-order valence-electron chi connectivity index (χ0n) is 19.2. The zero-order chi connectivity index (χ0) is 21.6. The van der Waals surface area contributed by atoms with Gasteiger partial charge in [0.15, 0.2) is 0 Å². The van der Waals surface area contributed by atoms with Crippen LogP contribution in [0.2, 0.25) is 0 Å². The molecule has 8 heteroatoms. The van der Waals surface area contributed by atoms with Gasteiger partial charge in [0.25, 0.3) is 10.1 Å². The summed E-state index contributed by atoms with van der Waals surface area (Å²) in [7, 11) is -4.63. The summed E-state index contributed by atoms with van der Waals surface area (Å²) in [6.07, 6.45) is 18.7. The van der Waals surface area contributed by atoms with Crippen LogP contribution in [-0.2, 0) is 19.7 Å². The van der Waals surface area contributed by atoms with Crippen LogP contribution in [0.1, 0.15) is 122 Å². The smallest absolute Gasteiger partial charge is 0.594 e. The van der Waals surface area contributed by atoms with E-state index in [9.17, 15) is 22.6 Å². The summed E-state index contributed by atoms with van der Waals surface area (Å²) in [5.41, 5.74) is 0. The maximum absolute atomic E-state index is 11.8. The Bertz CT molecular complexity index is 596. The Morgan fingerprint density at radius 1 is 0.767 bits per heavy atom. The maximum atomic E-state index is 11.8. The van der Waals surface area contributed by atoms with Crippen molar-refractivity contribution in [3.63, 3.8) is 0 Å². The van der Waals surface area contributed by atoms with Gasteiger partial charge >= 0.3 is 29.6 Å². The van der Waals surface area contributed by atoms with Gasteiger partial charge in [0.1, 0.15) is 4.75 Å². The fourth-order valence-corrected chi connectivity index (χ4v) is 5.03. The van der Waals surface area contributed by atoms with Crippen LogP contribution in [0, 0.1) is 0 Å². The quantitative estimate of drug-likeness (QED) is 0.149. The Labute approximate surface area is 205 Å². The first-order valence-corrected chi connectivity index (χ1v) is 13.0. The summed E-state index contributed by atoms with van der Waals surface area (Å²) in [6, 6.07) is 0. The van der Waals surface area contributed by atoms with Crippen LogP contribution in [0.4, 0.5) is 0 Å². The number of carbonyl (C=O) groups excluding carboxylic acids is 2. The standard InChI is InChI=1S/C22H41NO5S.Na/c1-2-3-4-5-6-7-8-9-10-11-12-13-14-15-16-17-18-22(29(26,27)28)19-20(24)23-21(22)25;/h2-19H2,1H3,(H2,23,24,25,26,27,28);/q;+1/p-1. The van der Waals surface area contributed by atoms with Crippen LogP contribution in [-0.4, -0.2) is 29.5 Å². The molecule has 1 atom stereocenters. The first-order chi connectivity index (χ1) is 13.8.